The van der Waals surface area contributed by atoms with Gasteiger partial charge in [0.1, 0.15) is 0 Å². The van der Waals surface area contributed by atoms with Crippen LogP contribution in [0, 0.1) is 18.6 Å². The van der Waals surface area contributed by atoms with E-state index < -0.39 is 48.0 Å². The Morgan fingerprint density at radius 2 is 1.69 bits per heavy atom. The summed E-state index contributed by atoms with van der Waals surface area (Å²) >= 11 is 1.72. The van der Waals surface area contributed by atoms with Gasteiger partial charge in [-0.25, -0.2) is 13.6 Å². The van der Waals surface area contributed by atoms with Crippen molar-refractivity contribution in [3.63, 3.8) is 0 Å². The van der Waals surface area contributed by atoms with Crippen molar-refractivity contribution in [1.82, 2.24) is 9.80 Å². The van der Waals surface area contributed by atoms with E-state index in [0.29, 0.717) is 12.1 Å². The number of carboxylic acid groups (broad SMARTS) is 3. The first kappa shape index (κ1) is 32.2. The summed E-state index contributed by atoms with van der Waals surface area (Å²) in [4.78, 5) is 36.4. The van der Waals surface area contributed by atoms with E-state index in [9.17, 15) is 23.2 Å². The van der Waals surface area contributed by atoms with Gasteiger partial charge >= 0.3 is 17.9 Å². The lowest BCUT2D eigenvalue weighted by Gasteiger charge is -2.28. The van der Waals surface area contributed by atoms with Crippen LogP contribution in [0.2, 0.25) is 0 Å². The van der Waals surface area contributed by atoms with Gasteiger partial charge in [-0.2, -0.15) is 0 Å². The highest BCUT2D eigenvalue weighted by Crippen LogP contribution is 2.21. The monoisotopic (exact) mass is 572 g/mol. The van der Waals surface area contributed by atoms with Gasteiger partial charge in [0.15, 0.2) is 17.2 Å². The summed E-state index contributed by atoms with van der Waals surface area (Å²) in [5, 5.41) is 35.9. The number of hydrogen-bond donors (Lipinski definition) is 4. The molecule has 4 N–H and O–H groups in total. The number of aliphatic hydroxyl groups is 1. The summed E-state index contributed by atoms with van der Waals surface area (Å²) in [5.41, 5.74) is -1.06. The summed E-state index contributed by atoms with van der Waals surface area (Å²) in [7, 11) is 0. The molecule has 1 aromatic carbocycles. The SMILES string of the molecule is Cc1ccsc1CN(CCCN1CCOCC1)Cc1cccc(F)c1F.O=C(O)CC(O)(CC(=O)O)C(=O)O. The van der Waals surface area contributed by atoms with Crippen LogP contribution in [-0.2, 0) is 32.2 Å². The maximum absolute atomic E-state index is 14.1. The van der Waals surface area contributed by atoms with Crippen LogP contribution in [0.5, 0.6) is 0 Å². The molecule has 13 heteroatoms. The lowest BCUT2D eigenvalue weighted by molar-refractivity contribution is -0.170. The van der Waals surface area contributed by atoms with Gasteiger partial charge in [0, 0.05) is 43.2 Å². The third-order valence-electron chi connectivity index (χ3n) is 6.10. The summed E-state index contributed by atoms with van der Waals surface area (Å²) in [6.07, 6.45) is -1.29. The number of carbonyl (C=O) groups is 3. The van der Waals surface area contributed by atoms with E-state index >= 15 is 0 Å². The van der Waals surface area contributed by atoms with Gasteiger partial charge in [-0.1, -0.05) is 12.1 Å². The number of aryl methyl sites for hydroxylation is 1. The molecule has 0 unspecified atom stereocenters. The average molecular weight is 573 g/mol. The Kier molecular flexibility index (Phi) is 12.9. The molecule has 1 saturated heterocycles. The second-order valence-corrected chi connectivity index (χ2v) is 10.2. The van der Waals surface area contributed by atoms with Gasteiger partial charge in [0.2, 0.25) is 0 Å². The van der Waals surface area contributed by atoms with Crippen molar-refractivity contribution in [2.45, 2.75) is 44.9 Å². The Balaban J connectivity index is 0.000000349. The molecule has 39 heavy (non-hydrogen) atoms. The van der Waals surface area contributed by atoms with E-state index in [1.165, 1.54) is 16.5 Å². The number of morpholine rings is 1. The van der Waals surface area contributed by atoms with Crippen LogP contribution in [0.4, 0.5) is 8.78 Å². The first-order valence-corrected chi connectivity index (χ1v) is 13.2. The van der Waals surface area contributed by atoms with Crippen molar-refractivity contribution in [2.75, 3.05) is 39.4 Å². The Morgan fingerprint density at radius 3 is 2.23 bits per heavy atom. The third kappa shape index (κ3) is 11.0. The number of thiophene rings is 1. The fourth-order valence-electron chi connectivity index (χ4n) is 3.95. The molecule has 0 amide bonds. The molecule has 0 spiro atoms. The molecule has 0 saturated carbocycles. The van der Waals surface area contributed by atoms with Crippen molar-refractivity contribution in [3.05, 3.63) is 57.3 Å². The normalized spacial score (nSPS) is 14.1. The van der Waals surface area contributed by atoms with Crippen LogP contribution < -0.4 is 0 Å². The number of carboxylic acids is 3. The summed E-state index contributed by atoms with van der Waals surface area (Å²) < 4.78 is 33.1. The van der Waals surface area contributed by atoms with Gasteiger partial charge in [0.25, 0.3) is 0 Å². The lowest BCUT2D eigenvalue weighted by Crippen LogP contribution is -2.42. The molecule has 0 radical (unpaired) electrons. The zero-order valence-corrected chi connectivity index (χ0v) is 22.5. The van der Waals surface area contributed by atoms with Crippen molar-refractivity contribution in [3.8, 4) is 0 Å². The van der Waals surface area contributed by atoms with Crippen LogP contribution in [-0.4, -0.2) is 93.1 Å². The zero-order chi connectivity index (χ0) is 29.0. The van der Waals surface area contributed by atoms with Gasteiger partial charge in [-0.05, 0) is 43.0 Å². The Hall–Kier alpha value is -2.97. The molecular weight excluding hydrogens is 538 g/mol. The summed E-state index contributed by atoms with van der Waals surface area (Å²) in [6.45, 7) is 8.69. The molecule has 216 valence electrons. The second kappa shape index (κ2) is 15.6. The molecular formula is C26H34F2N2O8S. The summed E-state index contributed by atoms with van der Waals surface area (Å²) in [5.74, 6) is -6.52. The van der Waals surface area contributed by atoms with Crippen LogP contribution in [0.15, 0.2) is 29.6 Å². The van der Waals surface area contributed by atoms with Crippen LogP contribution in [0.1, 0.15) is 35.3 Å². The topological polar surface area (TPSA) is 148 Å². The largest absolute Gasteiger partial charge is 0.481 e. The molecule has 1 aromatic heterocycles. The van der Waals surface area contributed by atoms with Crippen LogP contribution in [0.3, 0.4) is 0 Å². The van der Waals surface area contributed by atoms with Crippen molar-refractivity contribution in [2.24, 2.45) is 0 Å². The van der Waals surface area contributed by atoms with Crippen molar-refractivity contribution in [1.29, 1.82) is 0 Å². The first-order valence-electron chi connectivity index (χ1n) is 12.3. The highest BCUT2D eigenvalue weighted by atomic mass is 32.1. The number of rotatable bonds is 13. The van der Waals surface area contributed by atoms with Gasteiger partial charge < -0.3 is 25.2 Å². The predicted molar refractivity (Wildman–Crippen MR) is 138 cm³/mol. The second-order valence-electron chi connectivity index (χ2n) is 9.24. The molecule has 1 aliphatic rings. The van der Waals surface area contributed by atoms with Crippen LogP contribution >= 0.6 is 11.3 Å². The fraction of sp³-hybridized carbons (Fsp3) is 0.500. The number of halogens is 2. The number of hydrogen-bond acceptors (Lipinski definition) is 8. The quantitative estimate of drug-likeness (QED) is 0.282. The highest BCUT2D eigenvalue weighted by Gasteiger charge is 2.40. The Morgan fingerprint density at radius 1 is 1.05 bits per heavy atom. The minimum Gasteiger partial charge on any atom is -0.481 e. The first-order chi connectivity index (χ1) is 18.4. The van der Waals surface area contributed by atoms with Crippen LogP contribution in [0.25, 0.3) is 0 Å². The van der Waals surface area contributed by atoms with Crippen molar-refractivity contribution < 1.29 is 48.3 Å². The summed E-state index contributed by atoms with van der Waals surface area (Å²) in [6, 6.07) is 6.53. The van der Waals surface area contributed by atoms with E-state index in [2.05, 4.69) is 28.2 Å². The van der Waals surface area contributed by atoms with Crippen molar-refractivity contribution >= 4 is 29.2 Å². The minimum atomic E-state index is -2.74. The maximum Gasteiger partial charge on any atom is 0.336 e. The molecule has 1 aliphatic heterocycles. The molecule has 0 bridgehead atoms. The van der Waals surface area contributed by atoms with E-state index in [0.717, 1.165) is 52.4 Å². The zero-order valence-electron chi connectivity index (χ0n) is 21.6. The molecule has 0 atom stereocenters. The number of ether oxygens (including phenoxy) is 1. The lowest BCUT2D eigenvalue weighted by atomic mass is 9.96. The number of aliphatic carboxylic acids is 3. The fourth-order valence-corrected chi connectivity index (χ4v) is 4.90. The molecule has 1 fully saturated rings. The molecule has 3 rings (SSSR count). The minimum absolute atomic E-state index is 0.421. The number of benzene rings is 1. The number of nitrogens with zero attached hydrogens (tertiary/aromatic N) is 2. The van der Waals surface area contributed by atoms with Gasteiger partial charge in [-0.3, -0.25) is 19.4 Å². The standard InChI is InChI=1S/C20H26F2N2OS.C6H8O7/c1-16-6-13-26-19(16)15-24(8-3-7-23-9-11-25-12-10-23)14-17-4-2-5-18(21)20(17)22;7-3(8)1-6(13,5(11)12)2-4(9)10/h2,4-6,13H,3,7-12,14-15H2,1H3;13H,1-2H2,(H,7,8)(H,9,10)(H,11,12). The molecule has 10 nitrogen and oxygen atoms in total. The smallest absolute Gasteiger partial charge is 0.336 e. The third-order valence-corrected chi connectivity index (χ3v) is 7.11. The molecule has 2 heterocycles. The molecule has 0 aliphatic carbocycles. The average Bonchev–Trinajstić information content (AvgIpc) is 3.26. The van der Waals surface area contributed by atoms with E-state index in [1.807, 2.05) is 0 Å². The highest BCUT2D eigenvalue weighted by molar-refractivity contribution is 7.10. The molecule has 2 aromatic rings. The maximum atomic E-state index is 14.1. The Labute approximate surface area is 229 Å². The van der Waals surface area contributed by atoms with Gasteiger partial charge in [-0.15, -0.1) is 11.3 Å². The predicted octanol–water partition coefficient (Wildman–Crippen LogP) is 2.81. The van der Waals surface area contributed by atoms with E-state index in [1.54, 1.807) is 23.5 Å². The van der Waals surface area contributed by atoms with Gasteiger partial charge in [0.05, 0.1) is 26.1 Å². The van der Waals surface area contributed by atoms with E-state index in [-0.39, 0.29) is 0 Å². The van der Waals surface area contributed by atoms with E-state index in [4.69, 9.17) is 25.2 Å². The Bertz CT molecular complexity index is 1090.